The number of benzene rings is 2. The van der Waals surface area contributed by atoms with Gasteiger partial charge in [-0.3, -0.25) is 4.99 Å². The minimum atomic E-state index is -0.842. The fraction of sp³-hybridized carbons (Fsp3) is 0.133. The molecule has 0 fully saturated rings. The highest BCUT2D eigenvalue weighted by Gasteiger charge is 2.11. The lowest BCUT2D eigenvalue weighted by molar-refractivity contribution is 0.187. The van der Waals surface area contributed by atoms with Crippen molar-refractivity contribution < 1.29 is 5.11 Å². The predicted octanol–water partition coefficient (Wildman–Crippen LogP) is 4.07. The van der Waals surface area contributed by atoms with Crippen LogP contribution in [0.15, 0.2) is 53.5 Å². The van der Waals surface area contributed by atoms with E-state index in [1.165, 1.54) is 0 Å². The lowest BCUT2D eigenvalue weighted by atomic mass is 10.1. The van der Waals surface area contributed by atoms with Gasteiger partial charge >= 0.3 is 0 Å². The maximum absolute atomic E-state index is 10.1. The molecule has 0 saturated carbocycles. The molecule has 2 rings (SSSR count). The van der Waals surface area contributed by atoms with Crippen LogP contribution in [0.2, 0.25) is 10.0 Å². The summed E-state index contributed by atoms with van der Waals surface area (Å²) < 4.78 is 0. The Morgan fingerprint density at radius 3 is 2.50 bits per heavy atom. The second-order valence-corrected chi connectivity index (χ2v) is 5.24. The quantitative estimate of drug-likeness (QED) is 0.372. The van der Waals surface area contributed by atoms with Crippen LogP contribution in [0.5, 0.6) is 0 Å². The number of rotatable bonds is 4. The smallest absolute Gasteiger partial charge is 0.193 e. The van der Waals surface area contributed by atoms with Gasteiger partial charge in [0.2, 0.25) is 0 Å². The summed E-state index contributed by atoms with van der Waals surface area (Å²) in [6, 6.07) is 14.3. The third-order valence-electron chi connectivity index (χ3n) is 2.80. The third-order valence-corrected chi connectivity index (χ3v) is 3.36. The molecule has 22 heavy (non-hydrogen) atoms. The minimum Gasteiger partial charge on any atom is -0.386 e. The Hall–Kier alpha value is -1.02. The van der Waals surface area contributed by atoms with Gasteiger partial charge in [0.05, 0.1) is 6.54 Å². The maximum Gasteiger partial charge on any atom is 0.193 e. The molecular weight excluding hydrogens is 436 g/mol. The van der Waals surface area contributed by atoms with Crippen LogP contribution in [0.3, 0.4) is 0 Å². The van der Waals surface area contributed by atoms with E-state index in [0.717, 1.165) is 5.69 Å². The van der Waals surface area contributed by atoms with E-state index in [0.29, 0.717) is 15.6 Å². The van der Waals surface area contributed by atoms with Gasteiger partial charge in [-0.25, -0.2) is 0 Å². The topological polar surface area (TPSA) is 70.6 Å². The molecule has 2 aromatic carbocycles. The lowest BCUT2D eigenvalue weighted by Crippen LogP contribution is -2.23. The molecule has 1 unspecified atom stereocenters. The summed E-state index contributed by atoms with van der Waals surface area (Å²) in [7, 11) is 0. The number of hydrogen-bond donors (Lipinski definition) is 3. The number of guanidine groups is 1. The van der Waals surface area contributed by atoms with E-state index >= 15 is 0 Å². The van der Waals surface area contributed by atoms with Crippen molar-refractivity contribution in [2.45, 2.75) is 6.10 Å². The van der Waals surface area contributed by atoms with Crippen molar-refractivity contribution in [3.05, 3.63) is 64.1 Å². The number of hydrogen-bond acceptors (Lipinski definition) is 2. The molecule has 0 aliphatic carbocycles. The Bertz CT molecular complexity index is 638. The molecule has 1 atom stereocenters. The first-order valence-corrected chi connectivity index (χ1v) is 7.07. The molecule has 0 saturated heterocycles. The van der Waals surface area contributed by atoms with E-state index in [1.807, 2.05) is 30.3 Å². The molecule has 4 nitrogen and oxygen atoms in total. The van der Waals surface area contributed by atoms with Gasteiger partial charge in [-0.15, -0.1) is 24.0 Å². The van der Waals surface area contributed by atoms with Crippen molar-refractivity contribution >= 4 is 58.8 Å². The van der Waals surface area contributed by atoms with Gasteiger partial charge in [0.25, 0.3) is 0 Å². The van der Waals surface area contributed by atoms with Crippen LogP contribution in [-0.4, -0.2) is 17.6 Å². The molecule has 4 N–H and O–H groups in total. The molecule has 0 bridgehead atoms. The highest BCUT2D eigenvalue weighted by atomic mass is 127. The van der Waals surface area contributed by atoms with Crippen molar-refractivity contribution in [3.8, 4) is 0 Å². The van der Waals surface area contributed by atoms with Crippen LogP contribution < -0.4 is 11.1 Å². The number of nitrogens with two attached hydrogens (primary N) is 1. The van der Waals surface area contributed by atoms with Gasteiger partial charge in [-0.1, -0.05) is 47.5 Å². The van der Waals surface area contributed by atoms with E-state index in [1.54, 1.807) is 18.2 Å². The van der Waals surface area contributed by atoms with Gasteiger partial charge < -0.3 is 16.2 Å². The molecule has 2 aromatic rings. The summed E-state index contributed by atoms with van der Waals surface area (Å²) in [5.41, 5.74) is 7.17. The zero-order valence-corrected chi connectivity index (χ0v) is 15.4. The Kier molecular flexibility index (Phi) is 7.95. The Morgan fingerprint density at radius 1 is 1.18 bits per heavy atom. The van der Waals surface area contributed by atoms with Gasteiger partial charge in [-0.2, -0.15) is 0 Å². The van der Waals surface area contributed by atoms with Crippen molar-refractivity contribution in [1.29, 1.82) is 0 Å². The van der Waals surface area contributed by atoms with E-state index < -0.39 is 6.10 Å². The van der Waals surface area contributed by atoms with E-state index in [4.69, 9.17) is 28.9 Å². The second-order valence-electron chi connectivity index (χ2n) is 4.40. The van der Waals surface area contributed by atoms with Crippen LogP contribution in [0, 0.1) is 0 Å². The molecule has 118 valence electrons. The molecule has 0 spiro atoms. The third kappa shape index (κ3) is 5.64. The van der Waals surface area contributed by atoms with E-state index in [9.17, 15) is 5.11 Å². The molecule has 0 radical (unpaired) electrons. The van der Waals surface area contributed by atoms with Crippen LogP contribution in [-0.2, 0) is 0 Å². The fourth-order valence-corrected chi connectivity index (χ4v) is 2.30. The zero-order valence-electron chi connectivity index (χ0n) is 11.5. The second kappa shape index (κ2) is 9.19. The van der Waals surface area contributed by atoms with Gasteiger partial charge in [0.15, 0.2) is 5.96 Å². The standard InChI is InChI=1S/C15H15Cl2N3O.HI/c16-10-6-7-12(13(17)8-10)14(21)9-19-15(18)20-11-4-2-1-3-5-11;/h1-8,14,21H,9H2,(H3,18,19,20);1H. The molecular formula is C15H16Cl2IN3O. The summed E-state index contributed by atoms with van der Waals surface area (Å²) in [6.07, 6.45) is -0.842. The molecule has 0 heterocycles. The van der Waals surface area contributed by atoms with Gasteiger partial charge in [-0.05, 0) is 24.3 Å². The minimum absolute atomic E-state index is 0. The molecule has 7 heteroatoms. The van der Waals surface area contributed by atoms with Gasteiger partial charge in [0.1, 0.15) is 6.10 Å². The van der Waals surface area contributed by atoms with Crippen LogP contribution in [0.4, 0.5) is 5.69 Å². The summed E-state index contributed by atoms with van der Waals surface area (Å²) in [6.45, 7) is 0.104. The van der Waals surface area contributed by atoms with Crippen molar-refractivity contribution in [1.82, 2.24) is 0 Å². The fourth-order valence-electron chi connectivity index (χ4n) is 1.76. The van der Waals surface area contributed by atoms with Crippen molar-refractivity contribution in [3.63, 3.8) is 0 Å². The first-order valence-electron chi connectivity index (χ1n) is 6.31. The number of aliphatic hydroxyl groups is 1. The number of halogens is 3. The van der Waals surface area contributed by atoms with Gasteiger partial charge in [0, 0.05) is 21.3 Å². The van der Waals surface area contributed by atoms with Crippen LogP contribution in [0.1, 0.15) is 11.7 Å². The van der Waals surface area contributed by atoms with E-state index in [2.05, 4.69) is 10.3 Å². The first-order chi connectivity index (χ1) is 10.1. The average molecular weight is 452 g/mol. The highest BCUT2D eigenvalue weighted by molar-refractivity contribution is 14.0. The molecule has 0 amide bonds. The first kappa shape index (κ1) is 19.0. The van der Waals surface area contributed by atoms with E-state index in [-0.39, 0.29) is 36.5 Å². The maximum atomic E-state index is 10.1. The summed E-state index contributed by atoms with van der Waals surface area (Å²) in [5, 5.41) is 13.9. The van der Waals surface area contributed by atoms with Crippen molar-refractivity contribution in [2.24, 2.45) is 10.7 Å². The van der Waals surface area contributed by atoms with Crippen LogP contribution in [0.25, 0.3) is 0 Å². The number of nitrogens with zero attached hydrogens (tertiary/aromatic N) is 1. The Balaban J connectivity index is 0.00000242. The average Bonchev–Trinajstić information content (AvgIpc) is 2.46. The molecule has 0 aliphatic heterocycles. The molecule has 0 aromatic heterocycles. The molecule has 0 aliphatic rings. The number of anilines is 1. The lowest BCUT2D eigenvalue weighted by Gasteiger charge is -2.11. The summed E-state index contributed by atoms with van der Waals surface area (Å²) >= 11 is 11.8. The zero-order chi connectivity index (χ0) is 15.2. The monoisotopic (exact) mass is 451 g/mol. The summed E-state index contributed by atoms with van der Waals surface area (Å²) in [4.78, 5) is 4.10. The van der Waals surface area contributed by atoms with Crippen LogP contribution >= 0.6 is 47.2 Å². The number of aliphatic imine (C=N–C) groups is 1. The number of aliphatic hydroxyl groups excluding tert-OH is 1. The largest absolute Gasteiger partial charge is 0.386 e. The number of para-hydroxylation sites is 1. The number of nitrogens with one attached hydrogen (secondary N) is 1. The highest BCUT2D eigenvalue weighted by Crippen LogP contribution is 2.26. The predicted molar refractivity (Wildman–Crippen MR) is 103 cm³/mol. The Morgan fingerprint density at radius 2 is 1.86 bits per heavy atom. The normalized spacial score (nSPS) is 12.4. The Labute approximate surface area is 156 Å². The summed E-state index contributed by atoms with van der Waals surface area (Å²) in [5.74, 6) is 0.227. The van der Waals surface area contributed by atoms with Crippen molar-refractivity contribution in [2.75, 3.05) is 11.9 Å². The SMILES string of the molecule is I.NC(=NCC(O)c1ccc(Cl)cc1Cl)Nc1ccccc1.